The zero-order chi connectivity index (χ0) is 14.8. The van der Waals surface area contributed by atoms with Gasteiger partial charge in [-0.15, -0.1) is 0 Å². The number of aromatic nitrogens is 2. The third kappa shape index (κ3) is 2.80. The summed E-state index contributed by atoms with van der Waals surface area (Å²) in [7, 11) is 0. The first-order valence-electron chi connectivity index (χ1n) is 6.05. The van der Waals surface area contributed by atoms with Crippen LogP contribution in [-0.2, 0) is 10.3 Å². The lowest BCUT2D eigenvalue weighted by atomic mass is 9.94. The molecule has 3 N–H and O–H groups in total. The molecule has 5 nitrogen and oxygen atoms in total. The number of primary amides is 1. The van der Waals surface area contributed by atoms with E-state index in [2.05, 4.69) is 31.2 Å². The van der Waals surface area contributed by atoms with Gasteiger partial charge in [0.2, 0.25) is 5.91 Å². The van der Waals surface area contributed by atoms with Gasteiger partial charge in [-0.1, -0.05) is 15.9 Å². The fraction of sp³-hybridized carbons (Fsp3) is 0.214. The molecule has 1 aromatic carbocycles. The monoisotopic (exact) mass is 334 g/mol. The summed E-state index contributed by atoms with van der Waals surface area (Å²) in [6, 6.07) is 7.48. The Hall–Kier alpha value is -1.95. The summed E-state index contributed by atoms with van der Waals surface area (Å²) in [5.74, 6) is -0.510. The molecule has 0 radical (unpaired) electrons. The van der Waals surface area contributed by atoms with Crippen molar-refractivity contribution in [2.75, 3.05) is 5.32 Å². The minimum atomic E-state index is -1.12. The van der Waals surface area contributed by atoms with Crippen molar-refractivity contribution >= 4 is 27.5 Å². The maximum atomic E-state index is 11.9. The minimum absolute atomic E-state index is 0.510. The van der Waals surface area contributed by atoms with E-state index in [0.29, 0.717) is 11.4 Å². The van der Waals surface area contributed by atoms with E-state index in [-0.39, 0.29) is 0 Å². The fourth-order valence-corrected chi connectivity index (χ4v) is 2.22. The van der Waals surface area contributed by atoms with Crippen LogP contribution in [-0.4, -0.2) is 15.9 Å². The third-order valence-electron chi connectivity index (χ3n) is 3.09. The smallest absolute Gasteiger partial charge is 0.249 e. The topological polar surface area (TPSA) is 80.9 Å². The zero-order valence-corrected chi connectivity index (χ0v) is 12.8. The Bertz CT molecular complexity index is 629. The maximum absolute atomic E-state index is 11.9. The lowest BCUT2D eigenvalue weighted by molar-refractivity contribution is -0.122. The molecule has 0 fully saturated rings. The van der Waals surface area contributed by atoms with Gasteiger partial charge in [0.05, 0.1) is 11.4 Å². The average Bonchev–Trinajstić information content (AvgIpc) is 2.41. The SMILES string of the molecule is Cc1nccnc1C(C)(Nc1ccc(Br)cc1)C(N)=O. The van der Waals surface area contributed by atoms with E-state index in [4.69, 9.17) is 5.73 Å². The lowest BCUT2D eigenvalue weighted by Gasteiger charge is -2.28. The molecule has 2 aromatic rings. The van der Waals surface area contributed by atoms with E-state index < -0.39 is 11.4 Å². The number of hydrogen-bond donors (Lipinski definition) is 2. The number of nitrogens with two attached hydrogens (primary N) is 1. The van der Waals surface area contributed by atoms with Crippen LogP contribution in [0, 0.1) is 6.92 Å². The molecule has 0 aliphatic heterocycles. The Kier molecular flexibility index (Phi) is 4.04. The second-order valence-electron chi connectivity index (χ2n) is 4.61. The van der Waals surface area contributed by atoms with Gasteiger partial charge in [0.1, 0.15) is 0 Å². The molecule has 0 spiro atoms. The summed E-state index contributed by atoms with van der Waals surface area (Å²) >= 11 is 3.37. The van der Waals surface area contributed by atoms with Crippen molar-refractivity contribution in [2.24, 2.45) is 5.73 Å². The first-order valence-corrected chi connectivity index (χ1v) is 6.84. The quantitative estimate of drug-likeness (QED) is 0.899. The molecule has 1 aromatic heterocycles. The molecule has 0 saturated heterocycles. The number of anilines is 1. The van der Waals surface area contributed by atoms with E-state index in [1.54, 1.807) is 26.2 Å². The number of halogens is 1. The number of aryl methyl sites for hydroxylation is 1. The van der Waals surface area contributed by atoms with Gasteiger partial charge in [0, 0.05) is 22.6 Å². The fourth-order valence-electron chi connectivity index (χ4n) is 1.96. The predicted molar refractivity (Wildman–Crippen MR) is 81.1 cm³/mol. The Balaban J connectivity index is 2.43. The van der Waals surface area contributed by atoms with Gasteiger partial charge in [-0.25, -0.2) is 0 Å². The van der Waals surface area contributed by atoms with Crippen LogP contribution in [0.5, 0.6) is 0 Å². The molecule has 0 aliphatic carbocycles. The Morgan fingerprint density at radius 2 is 1.85 bits per heavy atom. The normalized spacial score (nSPS) is 13.6. The van der Waals surface area contributed by atoms with E-state index >= 15 is 0 Å². The summed E-state index contributed by atoms with van der Waals surface area (Å²) in [6.07, 6.45) is 3.13. The molecule has 0 aliphatic rings. The maximum Gasteiger partial charge on any atom is 0.249 e. The van der Waals surface area contributed by atoms with Crippen LogP contribution < -0.4 is 11.1 Å². The van der Waals surface area contributed by atoms with Gasteiger partial charge in [0.25, 0.3) is 0 Å². The van der Waals surface area contributed by atoms with Crippen molar-refractivity contribution in [3.8, 4) is 0 Å². The summed E-state index contributed by atoms with van der Waals surface area (Å²) in [5, 5.41) is 3.14. The Morgan fingerprint density at radius 3 is 2.40 bits per heavy atom. The first kappa shape index (κ1) is 14.5. The number of rotatable bonds is 4. The van der Waals surface area contributed by atoms with E-state index in [0.717, 1.165) is 10.2 Å². The highest BCUT2D eigenvalue weighted by Crippen LogP contribution is 2.26. The third-order valence-corrected chi connectivity index (χ3v) is 3.61. The molecule has 1 amide bonds. The second-order valence-corrected chi connectivity index (χ2v) is 5.53. The number of nitrogens with zero attached hydrogens (tertiary/aromatic N) is 2. The van der Waals surface area contributed by atoms with Crippen molar-refractivity contribution < 1.29 is 4.79 Å². The van der Waals surface area contributed by atoms with Crippen molar-refractivity contribution in [3.63, 3.8) is 0 Å². The molecule has 1 atom stereocenters. The molecule has 6 heteroatoms. The minimum Gasteiger partial charge on any atom is -0.367 e. The summed E-state index contributed by atoms with van der Waals surface area (Å²) in [6.45, 7) is 3.50. The van der Waals surface area contributed by atoms with Crippen molar-refractivity contribution in [1.82, 2.24) is 9.97 Å². The molecular weight excluding hydrogens is 320 g/mol. The van der Waals surface area contributed by atoms with E-state index in [9.17, 15) is 4.79 Å². The predicted octanol–water partition coefficient (Wildman–Crippen LogP) is 2.36. The highest BCUT2D eigenvalue weighted by atomic mass is 79.9. The highest BCUT2D eigenvalue weighted by Gasteiger charge is 2.36. The average molecular weight is 335 g/mol. The number of amides is 1. The van der Waals surface area contributed by atoms with Crippen LogP contribution in [0.1, 0.15) is 18.3 Å². The molecular formula is C14H15BrN4O. The van der Waals surface area contributed by atoms with Gasteiger partial charge in [-0.3, -0.25) is 14.8 Å². The number of nitrogens with one attached hydrogen (secondary N) is 1. The standard InChI is InChI=1S/C14H15BrN4O/c1-9-12(18-8-7-17-9)14(2,13(16)20)19-11-5-3-10(15)4-6-11/h3-8,19H,1-2H3,(H2,16,20). The van der Waals surface area contributed by atoms with Crippen LogP contribution in [0.25, 0.3) is 0 Å². The van der Waals surface area contributed by atoms with E-state index in [1.165, 1.54) is 0 Å². The zero-order valence-electron chi connectivity index (χ0n) is 11.2. The van der Waals surface area contributed by atoms with Gasteiger partial charge in [-0.2, -0.15) is 0 Å². The largest absolute Gasteiger partial charge is 0.367 e. The van der Waals surface area contributed by atoms with Gasteiger partial charge in [-0.05, 0) is 38.1 Å². The van der Waals surface area contributed by atoms with Gasteiger partial charge < -0.3 is 11.1 Å². The Labute approximate surface area is 125 Å². The van der Waals surface area contributed by atoms with Gasteiger partial charge >= 0.3 is 0 Å². The van der Waals surface area contributed by atoms with Crippen LogP contribution in [0.2, 0.25) is 0 Å². The molecule has 1 heterocycles. The van der Waals surface area contributed by atoms with Crippen LogP contribution in [0.4, 0.5) is 5.69 Å². The second kappa shape index (κ2) is 5.58. The first-order chi connectivity index (χ1) is 9.43. The van der Waals surface area contributed by atoms with Crippen LogP contribution in [0.3, 0.4) is 0 Å². The summed E-state index contributed by atoms with van der Waals surface area (Å²) in [5.41, 5.74) is 6.42. The molecule has 2 rings (SSSR count). The van der Waals surface area contributed by atoms with Crippen LogP contribution in [0.15, 0.2) is 41.1 Å². The van der Waals surface area contributed by atoms with E-state index in [1.807, 2.05) is 24.3 Å². The molecule has 20 heavy (non-hydrogen) atoms. The summed E-state index contributed by atoms with van der Waals surface area (Å²) < 4.78 is 0.958. The van der Waals surface area contributed by atoms with Crippen molar-refractivity contribution in [3.05, 3.63) is 52.5 Å². The van der Waals surface area contributed by atoms with Gasteiger partial charge in [0.15, 0.2) is 5.54 Å². The molecule has 0 saturated carbocycles. The summed E-state index contributed by atoms with van der Waals surface area (Å²) in [4.78, 5) is 20.3. The van der Waals surface area contributed by atoms with Crippen LogP contribution >= 0.6 is 15.9 Å². The molecule has 104 valence electrons. The lowest BCUT2D eigenvalue weighted by Crippen LogP contribution is -2.46. The number of carbonyl (C=O) groups excluding carboxylic acids is 1. The molecule has 1 unspecified atom stereocenters. The number of benzene rings is 1. The number of carbonyl (C=O) groups is 1. The molecule has 0 bridgehead atoms. The van der Waals surface area contributed by atoms with Crippen molar-refractivity contribution in [2.45, 2.75) is 19.4 Å². The number of hydrogen-bond acceptors (Lipinski definition) is 4. The van der Waals surface area contributed by atoms with Crippen molar-refractivity contribution in [1.29, 1.82) is 0 Å². The Morgan fingerprint density at radius 1 is 1.25 bits per heavy atom. The highest BCUT2D eigenvalue weighted by molar-refractivity contribution is 9.10.